The van der Waals surface area contributed by atoms with E-state index in [0.717, 1.165) is 6.07 Å². The third-order valence-corrected chi connectivity index (χ3v) is 7.14. The summed E-state index contributed by atoms with van der Waals surface area (Å²) in [6.45, 7) is 2.37. The Hall–Kier alpha value is -2.47. The van der Waals surface area contributed by atoms with Crippen molar-refractivity contribution >= 4 is 21.7 Å². The topological polar surface area (TPSA) is 98.5 Å². The number of benzene rings is 1. The van der Waals surface area contributed by atoms with E-state index < -0.39 is 21.6 Å². The molecule has 0 bridgehead atoms. The SMILES string of the molecule is CCN(Cc1ccc(C#N)cc1F)C(=O)[C@H]1CC(=O)N([C@@H]2CCS(=O)(=O)C2)C1. The van der Waals surface area contributed by atoms with Gasteiger partial charge < -0.3 is 9.80 Å². The minimum atomic E-state index is -3.12. The van der Waals surface area contributed by atoms with Crippen molar-refractivity contribution in [2.75, 3.05) is 24.6 Å². The molecule has 2 aliphatic heterocycles. The van der Waals surface area contributed by atoms with Crippen molar-refractivity contribution in [1.29, 1.82) is 5.26 Å². The average molecular weight is 407 g/mol. The standard InChI is InChI=1S/C19H22FN3O4S/c1-2-22(10-14-4-3-13(9-21)7-17(14)20)19(25)15-8-18(24)23(11-15)16-5-6-28(26,27)12-16/h3-4,7,15-16H,2,5-6,8,10-12H2,1H3/t15-,16+/m0/s1. The highest BCUT2D eigenvalue weighted by atomic mass is 32.2. The fourth-order valence-electron chi connectivity index (χ4n) is 3.83. The molecule has 150 valence electrons. The zero-order chi connectivity index (χ0) is 20.5. The lowest BCUT2D eigenvalue weighted by Gasteiger charge is -2.26. The van der Waals surface area contributed by atoms with E-state index in [2.05, 4.69) is 0 Å². The van der Waals surface area contributed by atoms with Gasteiger partial charge in [-0.2, -0.15) is 5.26 Å². The summed E-state index contributed by atoms with van der Waals surface area (Å²) in [7, 11) is -3.12. The van der Waals surface area contributed by atoms with Crippen LogP contribution in [-0.2, 0) is 26.0 Å². The monoisotopic (exact) mass is 407 g/mol. The van der Waals surface area contributed by atoms with Crippen LogP contribution in [0.3, 0.4) is 0 Å². The summed E-state index contributed by atoms with van der Waals surface area (Å²) in [6.07, 6.45) is 0.449. The van der Waals surface area contributed by atoms with Crippen molar-refractivity contribution < 1.29 is 22.4 Å². The van der Waals surface area contributed by atoms with Crippen molar-refractivity contribution in [3.63, 3.8) is 0 Å². The molecular formula is C19H22FN3O4S. The van der Waals surface area contributed by atoms with Crippen LogP contribution in [0.15, 0.2) is 18.2 Å². The number of likely N-dealkylation sites (tertiary alicyclic amines) is 1. The predicted octanol–water partition coefficient (Wildman–Crippen LogP) is 1.08. The lowest BCUT2D eigenvalue weighted by molar-refractivity contribution is -0.136. The van der Waals surface area contributed by atoms with Crippen LogP contribution in [0.25, 0.3) is 0 Å². The van der Waals surface area contributed by atoms with Gasteiger partial charge in [-0.15, -0.1) is 0 Å². The summed E-state index contributed by atoms with van der Waals surface area (Å²) >= 11 is 0. The minimum Gasteiger partial charge on any atom is -0.338 e. The first-order chi connectivity index (χ1) is 13.2. The lowest BCUT2D eigenvalue weighted by atomic mass is 10.1. The predicted molar refractivity (Wildman–Crippen MR) is 99.1 cm³/mol. The molecule has 1 aromatic rings. The molecular weight excluding hydrogens is 385 g/mol. The molecule has 9 heteroatoms. The van der Waals surface area contributed by atoms with Crippen molar-refractivity contribution in [3.8, 4) is 6.07 Å². The summed E-state index contributed by atoms with van der Waals surface area (Å²) in [6, 6.07) is 5.62. The maximum atomic E-state index is 14.2. The average Bonchev–Trinajstić information content (AvgIpc) is 3.22. The van der Waals surface area contributed by atoms with Crippen LogP contribution in [0.1, 0.15) is 30.9 Å². The Morgan fingerprint density at radius 3 is 2.75 bits per heavy atom. The van der Waals surface area contributed by atoms with Crippen LogP contribution in [0.4, 0.5) is 4.39 Å². The van der Waals surface area contributed by atoms with Gasteiger partial charge in [0.1, 0.15) is 5.82 Å². The second kappa shape index (κ2) is 7.87. The molecule has 0 aromatic heterocycles. The van der Waals surface area contributed by atoms with Crippen LogP contribution in [0.5, 0.6) is 0 Å². The number of carbonyl (C=O) groups excluding carboxylic acids is 2. The van der Waals surface area contributed by atoms with Crippen LogP contribution < -0.4 is 0 Å². The summed E-state index contributed by atoms with van der Waals surface area (Å²) in [5, 5.41) is 8.83. The Labute approximate surface area is 163 Å². The van der Waals surface area contributed by atoms with Crippen molar-refractivity contribution in [3.05, 3.63) is 35.1 Å². The zero-order valence-corrected chi connectivity index (χ0v) is 16.4. The van der Waals surface area contributed by atoms with Crippen LogP contribution in [0.2, 0.25) is 0 Å². The maximum Gasteiger partial charge on any atom is 0.228 e. The van der Waals surface area contributed by atoms with Gasteiger partial charge in [-0.25, -0.2) is 12.8 Å². The van der Waals surface area contributed by atoms with E-state index in [-0.39, 0.29) is 54.4 Å². The van der Waals surface area contributed by atoms with Crippen molar-refractivity contribution in [2.45, 2.75) is 32.4 Å². The van der Waals surface area contributed by atoms with Gasteiger partial charge in [-0.3, -0.25) is 9.59 Å². The van der Waals surface area contributed by atoms with Gasteiger partial charge >= 0.3 is 0 Å². The Bertz CT molecular complexity index is 941. The highest BCUT2D eigenvalue weighted by Gasteiger charge is 2.42. The first-order valence-corrected chi connectivity index (χ1v) is 11.0. The highest BCUT2D eigenvalue weighted by Crippen LogP contribution is 2.27. The molecule has 2 aliphatic rings. The second-order valence-electron chi connectivity index (χ2n) is 7.27. The van der Waals surface area contributed by atoms with E-state index in [9.17, 15) is 22.4 Å². The largest absolute Gasteiger partial charge is 0.338 e. The van der Waals surface area contributed by atoms with Crippen LogP contribution in [0, 0.1) is 23.1 Å². The number of hydrogen-bond donors (Lipinski definition) is 0. The third-order valence-electron chi connectivity index (χ3n) is 5.39. The Morgan fingerprint density at radius 2 is 2.18 bits per heavy atom. The quantitative estimate of drug-likeness (QED) is 0.727. The highest BCUT2D eigenvalue weighted by molar-refractivity contribution is 7.91. The summed E-state index contributed by atoms with van der Waals surface area (Å²) < 4.78 is 37.5. The van der Waals surface area contributed by atoms with Gasteiger partial charge in [0.2, 0.25) is 11.8 Å². The molecule has 0 radical (unpaired) electrons. The molecule has 1 aromatic carbocycles. The van der Waals surface area contributed by atoms with Crippen LogP contribution >= 0.6 is 0 Å². The van der Waals surface area contributed by atoms with Gasteiger partial charge in [-0.1, -0.05) is 6.07 Å². The molecule has 28 heavy (non-hydrogen) atoms. The number of hydrogen-bond acceptors (Lipinski definition) is 5. The Balaban J connectivity index is 1.68. The molecule has 2 saturated heterocycles. The van der Waals surface area contributed by atoms with Gasteiger partial charge in [0.05, 0.1) is 29.1 Å². The summed E-state index contributed by atoms with van der Waals surface area (Å²) in [5.74, 6) is -1.54. The van der Waals surface area contributed by atoms with E-state index >= 15 is 0 Å². The van der Waals surface area contributed by atoms with E-state index in [4.69, 9.17) is 5.26 Å². The van der Waals surface area contributed by atoms with E-state index in [0.29, 0.717) is 18.5 Å². The Kier molecular flexibility index (Phi) is 5.70. The van der Waals surface area contributed by atoms with Gasteiger partial charge in [-0.05, 0) is 25.5 Å². The molecule has 0 N–H and O–H groups in total. The van der Waals surface area contributed by atoms with Gasteiger partial charge in [0.25, 0.3) is 0 Å². The molecule has 2 atom stereocenters. The van der Waals surface area contributed by atoms with Gasteiger partial charge in [0, 0.05) is 37.7 Å². The number of nitriles is 1. The maximum absolute atomic E-state index is 14.2. The number of rotatable bonds is 5. The van der Waals surface area contributed by atoms with Crippen molar-refractivity contribution in [1.82, 2.24) is 9.80 Å². The van der Waals surface area contributed by atoms with E-state index in [1.165, 1.54) is 21.9 Å². The van der Waals surface area contributed by atoms with E-state index in [1.807, 2.05) is 6.07 Å². The normalized spacial score (nSPS) is 23.6. The zero-order valence-electron chi connectivity index (χ0n) is 15.6. The summed E-state index contributed by atoms with van der Waals surface area (Å²) in [5.41, 5.74) is 0.511. The molecule has 0 saturated carbocycles. The number of nitrogens with zero attached hydrogens (tertiary/aromatic N) is 3. The molecule has 7 nitrogen and oxygen atoms in total. The lowest BCUT2D eigenvalue weighted by Crippen LogP contribution is -2.40. The molecule has 0 spiro atoms. The van der Waals surface area contributed by atoms with Crippen molar-refractivity contribution in [2.24, 2.45) is 5.92 Å². The number of halogens is 1. The van der Waals surface area contributed by atoms with Gasteiger partial charge in [0.15, 0.2) is 9.84 Å². The fraction of sp³-hybridized carbons (Fsp3) is 0.526. The molecule has 2 fully saturated rings. The number of carbonyl (C=O) groups is 2. The minimum absolute atomic E-state index is 0.0434. The first-order valence-electron chi connectivity index (χ1n) is 9.21. The number of amides is 2. The fourth-order valence-corrected chi connectivity index (χ4v) is 5.56. The third kappa shape index (κ3) is 4.17. The Morgan fingerprint density at radius 1 is 1.43 bits per heavy atom. The molecule has 2 heterocycles. The molecule has 0 unspecified atom stereocenters. The number of sulfone groups is 1. The molecule has 3 rings (SSSR count). The smallest absolute Gasteiger partial charge is 0.228 e. The first kappa shape index (κ1) is 20.3. The summed E-state index contributed by atoms with van der Waals surface area (Å²) in [4.78, 5) is 28.3. The second-order valence-corrected chi connectivity index (χ2v) is 9.50. The van der Waals surface area contributed by atoms with Crippen LogP contribution in [-0.4, -0.2) is 60.7 Å². The molecule has 2 amide bonds. The van der Waals surface area contributed by atoms with E-state index in [1.54, 1.807) is 6.92 Å². The molecule has 0 aliphatic carbocycles.